The first-order chi connectivity index (χ1) is 22.2. The van der Waals surface area contributed by atoms with Gasteiger partial charge in [-0.05, 0) is 6.07 Å². The van der Waals surface area contributed by atoms with Crippen molar-refractivity contribution >= 4 is 56.7 Å². The van der Waals surface area contributed by atoms with Crippen LogP contribution in [-0.4, -0.2) is 66.2 Å². The number of fused-ring (bicyclic) bond motifs is 2. The molecule has 254 valence electrons. The number of hydrogen-bond acceptors (Lipinski definition) is 9. The predicted octanol–water partition coefficient (Wildman–Crippen LogP) is 6.08. The van der Waals surface area contributed by atoms with Gasteiger partial charge in [0.05, 0.1) is 48.8 Å². The van der Waals surface area contributed by atoms with Crippen LogP contribution in [0.3, 0.4) is 0 Å². The fourth-order valence-corrected chi connectivity index (χ4v) is 6.35. The summed E-state index contributed by atoms with van der Waals surface area (Å²) in [5.41, 5.74) is -0.220. The number of carbonyl (C=O) groups excluding carboxylic acids is 2. The molecular weight excluding hydrogens is 671 g/mol. The second kappa shape index (κ2) is 14.7. The highest BCUT2D eigenvalue weighted by Crippen LogP contribution is 2.47. The van der Waals surface area contributed by atoms with E-state index in [9.17, 15) is 19.2 Å². The first-order valence-electron chi connectivity index (χ1n) is 14.3. The van der Waals surface area contributed by atoms with Crippen molar-refractivity contribution in [3.63, 3.8) is 0 Å². The van der Waals surface area contributed by atoms with E-state index in [0.29, 0.717) is 0 Å². The molecule has 0 spiro atoms. The van der Waals surface area contributed by atoms with Gasteiger partial charge in [-0.15, -0.1) is 11.3 Å². The Balaban J connectivity index is 1.46. The molecule has 0 radical (unpaired) electrons. The van der Waals surface area contributed by atoms with Gasteiger partial charge in [0, 0.05) is 48.9 Å². The molecule has 1 amide bonds. The first kappa shape index (κ1) is 35.6. The minimum Gasteiger partial charge on any atom is -0.491 e. The van der Waals surface area contributed by atoms with Gasteiger partial charge in [0.15, 0.2) is 40.5 Å². The van der Waals surface area contributed by atoms with Crippen LogP contribution in [0.1, 0.15) is 53.9 Å². The summed E-state index contributed by atoms with van der Waals surface area (Å²) in [6, 6.07) is 1.27. The molecule has 2 unspecified atom stereocenters. The number of nitrogens with zero attached hydrogens (tertiary/aromatic N) is 1. The van der Waals surface area contributed by atoms with Crippen LogP contribution in [0, 0.1) is 29.3 Å². The fraction of sp³-hybridized carbons (Fsp3) is 0.419. The minimum absolute atomic E-state index is 0.0177. The Morgan fingerprint density at radius 2 is 1.36 bits per heavy atom. The summed E-state index contributed by atoms with van der Waals surface area (Å²) in [4.78, 5) is 48.7. The maximum absolute atomic E-state index is 15.6. The van der Waals surface area contributed by atoms with Crippen molar-refractivity contribution in [3.8, 4) is 23.0 Å². The molecule has 1 aliphatic rings. The van der Waals surface area contributed by atoms with Crippen molar-refractivity contribution in [1.82, 2.24) is 4.90 Å². The Bertz CT molecular complexity index is 1750. The highest BCUT2D eigenvalue weighted by Gasteiger charge is 2.35. The number of halogens is 4. The second-order valence-corrected chi connectivity index (χ2v) is 12.3. The third-order valence-electron chi connectivity index (χ3n) is 7.60. The predicted molar refractivity (Wildman–Crippen MR) is 163 cm³/mol. The van der Waals surface area contributed by atoms with Crippen molar-refractivity contribution in [1.29, 1.82) is 0 Å². The fourth-order valence-electron chi connectivity index (χ4n) is 4.94. The summed E-state index contributed by atoms with van der Waals surface area (Å²) in [6.45, 7) is 1.76. The third-order valence-corrected chi connectivity index (χ3v) is 9.27. The van der Waals surface area contributed by atoms with Crippen LogP contribution < -0.4 is 18.9 Å². The Kier molecular flexibility index (Phi) is 11.1. The molecule has 2 heterocycles. The summed E-state index contributed by atoms with van der Waals surface area (Å²) in [6.07, 6.45) is -0.587. The van der Waals surface area contributed by atoms with Crippen molar-refractivity contribution in [2.75, 3.05) is 27.4 Å². The molecule has 0 aliphatic carbocycles. The molecule has 16 heteroatoms. The normalized spacial score (nSPS) is 13.7. The zero-order chi connectivity index (χ0) is 34.7. The van der Waals surface area contributed by atoms with Crippen LogP contribution in [0.5, 0.6) is 23.0 Å². The molecule has 0 bridgehead atoms. The van der Waals surface area contributed by atoms with Crippen LogP contribution in [-0.2, 0) is 27.5 Å². The third kappa shape index (κ3) is 7.20. The van der Waals surface area contributed by atoms with Gasteiger partial charge < -0.3 is 34.1 Å². The summed E-state index contributed by atoms with van der Waals surface area (Å²) in [5, 5.41) is 18.2. The number of rotatable bonds is 15. The number of methoxy groups -OCH3 is 2. The van der Waals surface area contributed by atoms with E-state index in [1.54, 1.807) is 0 Å². The molecule has 11 nitrogen and oxygen atoms in total. The van der Waals surface area contributed by atoms with E-state index < -0.39 is 64.4 Å². The number of amides is 1. The minimum atomic E-state index is -1.17. The Morgan fingerprint density at radius 3 is 1.89 bits per heavy atom. The van der Waals surface area contributed by atoms with E-state index in [2.05, 4.69) is 0 Å². The topological polar surface area (TPSA) is 149 Å². The van der Waals surface area contributed by atoms with Crippen molar-refractivity contribution < 1.29 is 61.5 Å². The largest absolute Gasteiger partial charge is 0.491 e. The molecule has 4 rings (SSSR count). The second-order valence-electron chi connectivity index (χ2n) is 10.9. The molecule has 2 N–H and O–H groups in total. The molecule has 47 heavy (non-hydrogen) atoms. The van der Waals surface area contributed by atoms with E-state index in [-0.39, 0.29) is 88.2 Å². The summed E-state index contributed by atoms with van der Waals surface area (Å²) < 4.78 is 68.2. The number of carboxylic acids is 2. The Hall–Kier alpha value is -4.24. The summed E-state index contributed by atoms with van der Waals surface area (Å²) >= 11 is 7.35. The van der Waals surface area contributed by atoms with Crippen LogP contribution in [0.4, 0.5) is 13.2 Å². The molecule has 1 aliphatic heterocycles. The van der Waals surface area contributed by atoms with Crippen molar-refractivity contribution in [2.45, 2.75) is 46.2 Å². The zero-order valence-electron chi connectivity index (χ0n) is 25.7. The van der Waals surface area contributed by atoms with Crippen LogP contribution in [0.15, 0.2) is 6.07 Å². The van der Waals surface area contributed by atoms with Crippen LogP contribution in [0.2, 0.25) is 5.02 Å². The van der Waals surface area contributed by atoms with Gasteiger partial charge in [-0.25, -0.2) is 13.2 Å². The smallest absolute Gasteiger partial charge is 0.306 e. The molecule has 0 saturated carbocycles. The average Bonchev–Trinajstić information content (AvgIpc) is 3.68. The maximum Gasteiger partial charge on any atom is 0.306 e. The van der Waals surface area contributed by atoms with E-state index >= 15 is 13.2 Å². The van der Waals surface area contributed by atoms with Gasteiger partial charge in [0.1, 0.15) is 5.02 Å². The first-order valence-corrected chi connectivity index (χ1v) is 15.5. The Labute approximate surface area is 275 Å². The number of aliphatic carboxylic acids is 2. The number of benzene rings is 2. The van der Waals surface area contributed by atoms with Gasteiger partial charge in [-0.2, -0.15) is 0 Å². The number of thiophene rings is 1. The summed E-state index contributed by atoms with van der Waals surface area (Å²) in [7, 11) is 2.37. The number of ether oxygens (including phenoxy) is 4. The van der Waals surface area contributed by atoms with Crippen molar-refractivity contribution in [3.05, 3.63) is 44.5 Å². The lowest BCUT2D eigenvalue weighted by molar-refractivity contribution is -0.145. The standard InChI is InChI=1S/C31H31ClF3NO10S/c1-13(30(39)40)8-18(37)19-10-15-22(33)27(25(43-3)21(32)29(15)47-19)45-6-5-7-46-28-24(35)17-12-36(20(38)9-14(2)31(41)42)11-16(17)23(34)26(28)44-4/h10,13-14H,5-9,11-12H2,1-4H3,(H,39,40)(H,41,42). The lowest BCUT2D eigenvalue weighted by atomic mass is 10.0. The van der Waals surface area contributed by atoms with Gasteiger partial charge in [0.2, 0.25) is 11.7 Å². The van der Waals surface area contributed by atoms with E-state index in [1.165, 1.54) is 27.0 Å². The van der Waals surface area contributed by atoms with Gasteiger partial charge in [-0.3, -0.25) is 19.2 Å². The van der Waals surface area contributed by atoms with Gasteiger partial charge >= 0.3 is 11.9 Å². The molecule has 0 saturated heterocycles. The number of carboxylic acid groups (broad SMARTS) is 2. The van der Waals surface area contributed by atoms with E-state index in [0.717, 1.165) is 23.3 Å². The number of Topliss-reactive ketones (excluding diaryl/α,β-unsaturated/α-hetero) is 1. The highest BCUT2D eigenvalue weighted by molar-refractivity contribution is 7.21. The molecule has 1 aromatic heterocycles. The molecule has 3 aromatic rings. The number of carbonyl (C=O) groups is 4. The average molecular weight is 702 g/mol. The van der Waals surface area contributed by atoms with Crippen LogP contribution >= 0.6 is 22.9 Å². The zero-order valence-corrected chi connectivity index (χ0v) is 27.3. The Morgan fingerprint density at radius 1 is 0.851 bits per heavy atom. The maximum atomic E-state index is 15.6. The lowest BCUT2D eigenvalue weighted by Crippen LogP contribution is -2.28. The summed E-state index contributed by atoms with van der Waals surface area (Å²) in [5.74, 6) is -9.56. The molecular formula is C31H31ClF3NO10S. The molecule has 2 atom stereocenters. The van der Waals surface area contributed by atoms with Crippen LogP contribution in [0.25, 0.3) is 10.1 Å². The lowest BCUT2D eigenvalue weighted by Gasteiger charge is -2.16. The molecule has 0 fully saturated rings. The monoisotopic (exact) mass is 701 g/mol. The van der Waals surface area contributed by atoms with E-state index in [4.69, 9.17) is 40.8 Å². The highest BCUT2D eigenvalue weighted by atomic mass is 35.5. The molecule has 2 aromatic carbocycles. The SMILES string of the molecule is COc1c(F)c2c(c(F)c1OCCCOc1c(OC)c(Cl)c3sc(C(=O)CC(C)C(=O)O)cc3c1F)CN(C(=O)CC(C)C(=O)O)C2. The van der Waals surface area contributed by atoms with E-state index in [1.807, 2.05) is 0 Å². The van der Waals surface area contributed by atoms with Gasteiger partial charge in [-0.1, -0.05) is 25.4 Å². The number of ketones is 1. The quantitative estimate of drug-likeness (QED) is 0.141. The number of hydrogen-bond donors (Lipinski definition) is 2. The van der Waals surface area contributed by atoms with Crippen molar-refractivity contribution in [2.24, 2.45) is 11.8 Å². The van der Waals surface area contributed by atoms with Gasteiger partial charge in [0.25, 0.3) is 0 Å².